The Bertz CT molecular complexity index is 946. The van der Waals surface area contributed by atoms with Crippen molar-refractivity contribution >= 4 is 11.9 Å². The topological polar surface area (TPSA) is 71.1 Å². The lowest BCUT2D eigenvalue weighted by Crippen LogP contribution is -2.19. The minimum Gasteiger partial charge on any atom is -0.490 e. The molecule has 0 N–H and O–H groups in total. The SMILES string of the molecule is CC=C(C)C(=O)OCCOc1ccc(C(C)(C)c2ccc(OCCOC(=O)C(C)=CC)cc2)cc1. The summed E-state index contributed by atoms with van der Waals surface area (Å²) in [5.74, 6) is 0.787. The Kier molecular flexibility index (Phi) is 10.6. The highest BCUT2D eigenvalue weighted by Gasteiger charge is 2.23. The third kappa shape index (κ3) is 8.32. The molecule has 0 radical (unpaired) electrons. The molecule has 2 rings (SSSR count). The van der Waals surface area contributed by atoms with Gasteiger partial charge in [0.15, 0.2) is 0 Å². The van der Waals surface area contributed by atoms with Gasteiger partial charge in [0.1, 0.15) is 37.9 Å². The Labute approximate surface area is 208 Å². The van der Waals surface area contributed by atoms with Crippen LogP contribution in [0.2, 0.25) is 0 Å². The summed E-state index contributed by atoms with van der Waals surface area (Å²) in [6.07, 6.45) is 3.44. The van der Waals surface area contributed by atoms with E-state index in [1.54, 1.807) is 39.8 Å². The van der Waals surface area contributed by atoms with Crippen LogP contribution in [0.3, 0.4) is 0 Å². The fourth-order valence-electron chi connectivity index (χ4n) is 3.15. The molecule has 0 spiro atoms. The van der Waals surface area contributed by atoms with Crippen LogP contribution in [0.15, 0.2) is 71.8 Å². The number of benzene rings is 2. The molecular weight excluding hydrogens is 444 g/mol. The zero-order valence-electron chi connectivity index (χ0n) is 21.6. The lowest BCUT2D eigenvalue weighted by atomic mass is 9.78. The molecule has 0 aliphatic carbocycles. The van der Waals surface area contributed by atoms with Crippen molar-refractivity contribution in [2.24, 2.45) is 0 Å². The molecule has 0 atom stereocenters. The van der Waals surface area contributed by atoms with Crippen LogP contribution in [0.1, 0.15) is 52.7 Å². The average molecular weight is 481 g/mol. The molecule has 0 saturated carbocycles. The third-order valence-electron chi connectivity index (χ3n) is 5.83. The monoisotopic (exact) mass is 480 g/mol. The van der Waals surface area contributed by atoms with E-state index in [1.165, 1.54) is 0 Å². The summed E-state index contributed by atoms with van der Waals surface area (Å²) in [5, 5.41) is 0. The molecule has 35 heavy (non-hydrogen) atoms. The van der Waals surface area contributed by atoms with Gasteiger partial charge in [-0.15, -0.1) is 0 Å². The van der Waals surface area contributed by atoms with Crippen molar-refractivity contribution in [1.29, 1.82) is 0 Å². The Hall–Kier alpha value is -3.54. The van der Waals surface area contributed by atoms with Crippen LogP contribution < -0.4 is 9.47 Å². The predicted molar refractivity (Wildman–Crippen MR) is 137 cm³/mol. The fraction of sp³-hybridized carbons (Fsp3) is 0.379. The van der Waals surface area contributed by atoms with E-state index in [9.17, 15) is 9.59 Å². The summed E-state index contributed by atoms with van der Waals surface area (Å²) < 4.78 is 21.7. The number of allylic oxidation sites excluding steroid dienone is 2. The molecule has 2 aromatic carbocycles. The van der Waals surface area contributed by atoms with Crippen LogP contribution in [-0.4, -0.2) is 38.4 Å². The first-order chi connectivity index (χ1) is 16.7. The third-order valence-corrected chi connectivity index (χ3v) is 5.83. The second kappa shape index (κ2) is 13.4. The lowest BCUT2D eigenvalue weighted by molar-refractivity contribution is -0.140. The summed E-state index contributed by atoms with van der Waals surface area (Å²) >= 11 is 0. The van der Waals surface area contributed by atoms with Crippen molar-refractivity contribution in [2.75, 3.05) is 26.4 Å². The van der Waals surface area contributed by atoms with Gasteiger partial charge < -0.3 is 18.9 Å². The maximum atomic E-state index is 11.6. The molecule has 6 nitrogen and oxygen atoms in total. The van der Waals surface area contributed by atoms with Crippen molar-refractivity contribution < 1.29 is 28.5 Å². The quantitative estimate of drug-likeness (QED) is 0.218. The first-order valence-electron chi connectivity index (χ1n) is 11.8. The van der Waals surface area contributed by atoms with E-state index >= 15 is 0 Å². The molecule has 2 aromatic rings. The van der Waals surface area contributed by atoms with Gasteiger partial charge in [-0.25, -0.2) is 9.59 Å². The van der Waals surface area contributed by atoms with E-state index in [-0.39, 0.29) is 30.6 Å². The lowest BCUT2D eigenvalue weighted by Gasteiger charge is -2.26. The zero-order valence-corrected chi connectivity index (χ0v) is 21.6. The maximum Gasteiger partial charge on any atom is 0.333 e. The molecule has 6 heteroatoms. The standard InChI is InChI=1S/C29H36O6/c1-7-21(3)27(30)34-19-17-32-25-13-9-23(10-14-25)29(5,6)24-11-15-26(16-12-24)33-18-20-35-28(31)22(4)8-2/h7-16H,17-20H2,1-6H3. The van der Waals surface area contributed by atoms with Gasteiger partial charge in [0.2, 0.25) is 0 Å². The molecule has 188 valence electrons. The summed E-state index contributed by atoms with van der Waals surface area (Å²) in [4.78, 5) is 23.3. The number of hydrogen-bond acceptors (Lipinski definition) is 6. The molecule has 0 fully saturated rings. The van der Waals surface area contributed by atoms with Crippen LogP contribution in [0.5, 0.6) is 11.5 Å². The second-order valence-electron chi connectivity index (χ2n) is 8.59. The number of rotatable bonds is 12. The van der Waals surface area contributed by atoms with E-state index in [1.807, 2.05) is 48.5 Å². The number of esters is 2. The van der Waals surface area contributed by atoms with E-state index < -0.39 is 0 Å². The summed E-state index contributed by atoms with van der Waals surface area (Å²) in [7, 11) is 0. The molecule has 0 heterocycles. The maximum absolute atomic E-state index is 11.6. The van der Waals surface area contributed by atoms with Gasteiger partial charge in [-0.1, -0.05) is 50.3 Å². The van der Waals surface area contributed by atoms with Crippen molar-refractivity contribution in [2.45, 2.75) is 47.0 Å². The number of ether oxygens (including phenoxy) is 4. The molecule has 0 aromatic heterocycles. The first-order valence-corrected chi connectivity index (χ1v) is 11.8. The minimum atomic E-state index is -0.326. The van der Waals surface area contributed by atoms with Gasteiger partial charge in [0, 0.05) is 16.6 Å². The van der Waals surface area contributed by atoms with Crippen molar-refractivity contribution in [3.8, 4) is 11.5 Å². The van der Waals surface area contributed by atoms with Crippen LogP contribution in [-0.2, 0) is 24.5 Å². The van der Waals surface area contributed by atoms with E-state index in [4.69, 9.17) is 18.9 Å². The first kappa shape index (κ1) is 27.7. The Morgan fingerprint density at radius 2 is 1.00 bits per heavy atom. The van der Waals surface area contributed by atoms with Gasteiger partial charge in [-0.3, -0.25) is 0 Å². The van der Waals surface area contributed by atoms with Crippen molar-refractivity contribution in [3.63, 3.8) is 0 Å². The fourth-order valence-corrected chi connectivity index (χ4v) is 3.15. The molecule has 0 aliphatic rings. The average Bonchev–Trinajstić information content (AvgIpc) is 2.88. The molecule has 0 unspecified atom stereocenters. The number of carbonyl (C=O) groups excluding carboxylic acids is 2. The van der Waals surface area contributed by atoms with Gasteiger partial charge in [0.05, 0.1) is 0 Å². The zero-order chi connectivity index (χ0) is 25.8. The summed E-state index contributed by atoms with van der Waals surface area (Å²) in [5.41, 5.74) is 3.21. The highest BCUT2D eigenvalue weighted by molar-refractivity contribution is 5.87. The Balaban J connectivity index is 1.86. The van der Waals surface area contributed by atoms with Crippen LogP contribution in [0.25, 0.3) is 0 Å². The van der Waals surface area contributed by atoms with Crippen LogP contribution >= 0.6 is 0 Å². The Morgan fingerprint density at radius 1 is 0.657 bits per heavy atom. The minimum absolute atomic E-state index is 0.198. The number of carbonyl (C=O) groups is 2. The smallest absolute Gasteiger partial charge is 0.333 e. The molecule has 0 saturated heterocycles. The van der Waals surface area contributed by atoms with E-state index in [0.717, 1.165) is 22.6 Å². The molecule has 0 bridgehead atoms. The van der Waals surface area contributed by atoms with Crippen molar-refractivity contribution in [1.82, 2.24) is 0 Å². The Morgan fingerprint density at radius 3 is 1.31 bits per heavy atom. The van der Waals surface area contributed by atoms with Gasteiger partial charge in [0.25, 0.3) is 0 Å². The van der Waals surface area contributed by atoms with Gasteiger partial charge >= 0.3 is 11.9 Å². The molecule has 0 aliphatic heterocycles. The highest BCUT2D eigenvalue weighted by Crippen LogP contribution is 2.33. The van der Waals surface area contributed by atoms with Crippen LogP contribution in [0.4, 0.5) is 0 Å². The molecular formula is C29H36O6. The largest absolute Gasteiger partial charge is 0.490 e. The van der Waals surface area contributed by atoms with E-state index in [2.05, 4.69) is 13.8 Å². The van der Waals surface area contributed by atoms with Crippen LogP contribution in [0, 0.1) is 0 Å². The summed E-state index contributed by atoms with van der Waals surface area (Å²) in [6, 6.07) is 15.8. The highest BCUT2D eigenvalue weighted by atomic mass is 16.6. The predicted octanol–water partition coefficient (Wildman–Crippen LogP) is 5.79. The summed E-state index contributed by atoms with van der Waals surface area (Å²) in [6.45, 7) is 12.3. The van der Waals surface area contributed by atoms with Gasteiger partial charge in [-0.05, 0) is 63.1 Å². The van der Waals surface area contributed by atoms with Crippen molar-refractivity contribution in [3.05, 3.63) is 83.0 Å². The molecule has 0 amide bonds. The normalized spacial score (nSPS) is 12.2. The van der Waals surface area contributed by atoms with Gasteiger partial charge in [-0.2, -0.15) is 0 Å². The number of hydrogen-bond donors (Lipinski definition) is 0. The second-order valence-corrected chi connectivity index (χ2v) is 8.59. The van der Waals surface area contributed by atoms with E-state index in [0.29, 0.717) is 24.4 Å².